The number of aryl methyl sites for hydroxylation is 1. The van der Waals surface area contributed by atoms with Gasteiger partial charge in [-0.1, -0.05) is 42.3 Å². The van der Waals surface area contributed by atoms with E-state index in [1.807, 2.05) is 30.3 Å². The molecule has 1 heterocycles. The first-order chi connectivity index (χ1) is 8.84. The lowest BCUT2D eigenvalue weighted by atomic mass is 10.2. The summed E-state index contributed by atoms with van der Waals surface area (Å²) >= 11 is 0. The first-order valence-electron chi connectivity index (χ1n) is 5.96. The van der Waals surface area contributed by atoms with Crippen LogP contribution in [-0.4, -0.2) is 4.57 Å². The van der Waals surface area contributed by atoms with Gasteiger partial charge in [0.25, 0.3) is 0 Å². The van der Waals surface area contributed by atoms with Crippen molar-refractivity contribution < 1.29 is 0 Å². The van der Waals surface area contributed by atoms with Crippen LogP contribution in [0.25, 0.3) is 10.9 Å². The van der Waals surface area contributed by atoms with Crippen molar-refractivity contribution in [3.05, 3.63) is 71.9 Å². The van der Waals surface area contributed by atoms with Gasteiger partial charge in [-0.15, -0.1) is 0 Å². The van der Waals surface area contributed by atoms with Crippen molar-refractivity contribution in [3.63, 3.8) is 0 Å². The van der Waals surface area contributed by atoms with E-state index in [1.54, 1.807) is 0 Å². The number of fused-ring (bicyclic) bond motifs is 1. The van der Waals surface area contributed by atoms with Crippen molar-refractivity contribution in [3.8, 4) is 11.8 Å². The largest absolute Gasteiger partial charge is 0.337 e. The molecule has 1 nitrogen and oxygen atoms in total. The SMILES string of the molecule is Cn1c(C#Cc2ccccc2)cc2ccccc21. The standard InChI is InChI=1S/C17H13N/c1-18-16(12-11-14-7-3-2-4-8-14)13-15-9-5-6-10-17(15)18/h2-10,13H,1H3. The van der Waals surface area contributed by atoms with Crippen molar-refractivity contribution >= 4 is 10.9 Å². The van der Waals surface area contributed by atoms with Crippen molar-refractivity contribution in [2.45, 2.75) is 0 Å². The van der Waals surface area contributed by atoms with Gasteiger partial charge in [-0.25, -0.2) is 0 Å². The predicted molar refractivity (Wildman–Crippen MR) is 75.3 cm³/mol. The highest BCUT2D eigenvalue weighted by Gasteiger charge is 2.01. The van der Waals surface area contributed by atoms with Crippen LogP contribution in [0.4, 0.5) is 0 Å². The molecule has 2 aromatic carbocycles. The molecule has 0 aliphatic heterocycles. The Bertz CT molecular complexity index is 739. The Morgan fingerprint density at radius 3 is 2.33 bits per heavy atom. The number of hydrogen-bond donors (Lipinski definition) is 0. The Labute approximate surface area is 107 Å². The average molecular weight is 231 g/mol. The van der Waals surface area contributed by atoms with Crippen LogP contribution in [0, 0.1) is 11.8 Å². The van der Waals surface area contributed by atoms with Gasteiger partial charge in [-0.05, 0) is 30.2 Å². The zero-order valence-electron chi connectivity index (χ0n) is 10.2. The Morgan fingerprint density at radius 2 is 1.56 bits per heavy atom. The molecule has 0 aliphatic carbocycles. The van der Waals surface area contributed by atoms with Crippen LogP contribution in [0.15, 0.2) is 60.7 Å². The minimum atomic E-state index is 1.04. The van der Waals surface area contributed by atoms with Crippen molar-refractivity contribution in [1.82, 2.24) is 4.57 Å². The molecule has 18 heavy (non-hydrogen) atoms. The Balaban J connectivity index is 2.06. The fourth-order valence-corrected chi connectivity index (χ4v) is 2.07. The van der Waals surface area contributed by atoms with Gasteiger partial charge in [-0.3, -0.25) is 0 Å². The lowest BCUT2D eigenvalue weighted by Crippen LogP contribution is -1.90. The average Bonchev–Trinajstić information content (AvgIpc) is 2.75. The van der Waals surface area contributed by atoms with Gasteiger partial charge in [0.2, 0.25) is 0 Å². The van der Waals surface area contributed by atoms with Gasteiger partial charge in [0.15, 0.2) is 0 Å². The van der Waals surface area contributed by atoms with Crippen LogP contribution >= 0.6 is 0 Å². The number of rotatable bonds is 0. The van der Waals surface area contributed by atoms with E-state index in [0.29, 0.717) is 0 Å². The summed E-state index contributed by atoms with van der Waals surface area (Å²) in [4.78, 5) is 0. The van der Waals surface area contributed by atoms with Crippen molar-refractivity contribution in [2.24, 2.45) is 7.05 Å². The second kappa shape index (κ2) is 4.43. The first kappa shape index (κ1) is 10.7. The molecule has 0 radical (unpaired) electrons. The number of nitrogens with zero attached hydrogens (tertiary/aromatic N) is 1. The summed E-state index contributed by atoms with van der Waals surface area (Å²) in [6.07, 6.45) is 0. The molecule has 86 valence electrons. The van der Waals surface area contributed by atoms with E-state index in [9.17, 15) is 0 Å². The summed E-state index contributed by atoms with van der Waals surface area (Å²) in [5, 5.41) is 1.23. The summed E-state index contributed by atoms with van der Waals surface area (Å²) in [5.41, 5.74) is 3.30. The molecular formula is C17H13N. The van der Waals surface area contributed by atoms with E-state index in [-0.39, 0.29) is 0 Å². The number of aromatic nitrogens is 1. The lowest BCUT2D eigenvalue weighted by molar-refractivity contribution is 0.951. The molecule has 0 bridgehead atoms. The van der Waals surface area contributed by atoms with E-state index < -0.39 is 0 Å². The molecule has 0 amide bonds. The highest BCUT2D eigenvalue weighted by molar-refractivity contribution is 5.82. The third kappa shape index (κ3) is 1.89. The van der Waals surface area contributed by atoms with Gasteiger partial charge < -0.3 is 4.57 Å². The highest BCUT2D eigenvalue weighted by Crippen LogP contribution is 2.17. The fraction of sp³-hybridized carbons (Fsp3) is 0.0588. The minimum absolute atomic E-state index is 1.04. The second-order valence-electron chi connectivity index (χ2n) is 4.26. The molecule has 0 atom stereocenters. The summed E-state index contributed by atoms with van der Waals surface area (Å²) in [6.45, 7) is 0. The normalized spacial score (nSPS) is 10.1. The number of para-hydroxylation sites is 1. The minimum Gasteiger partial charge on any atom is -0.337 e. The molecule has 3 aromatic rings. The van der Waals surface area contributed by atoms with Crippen molar-refractivity contribution in [2.75, 3.05) is 0 Å². The maximum atomic E-state index is 3.23. The molecule has 0 aliphatic rings. The molecule has 1 heteroatoms. The second-order valence-corrected chi connectivity index (χ2v) is 4.26. The first-order valence-corrected chi connectivity index (χ1v) is 5.96. The molecule has 1 aromatic heterocycles. The van der Waals surface area contributed by atoms with Gasteiger partial charge >= 0.3 is 0 Å². The smallest absolute Gasteiger partial charge is 0.0931 e. The monoisotopic (exact) mass is 231 g/mol. The van der Waals surface area contributed by atoms with E-state index in [0.717, 1.165) is 11.3 Å². The van der Waals surface area contributed by atoms with Crippen LogP contribution in [0.3, 0.4) is 0 Å². The van der Waals surface area contributed by atoms with E-state index >= 15 is 0 Å². The van der Waals surface area contributed by atoms with Gasteiger partial charge in [0.1, 0.15) is 0 Å². The van der Waals surface area contributed by atoms with Gasteiger partial charge in [0, 0.05) is 23.5 Å². The molecule has 0 fully saturated rings. The molecule has 0 N–H and O–H groups in total. The lowest BCUT2D eigenvalue weighted by Gasteiger charge is -1.96. The van der Waals surface area contributed by atoms with E-state index in [2.05, 4.69) is 53.8 Å². The summed E-state index contributed by atoms with van der Waals surface area (Å²) < 4.78 is 2.13. The fourth-order valence-electron chi connectivity index (χ4n) is 2.07. The molecule has 0 unspecified atom stereocenters. The topological polar surface area (TPSA) is 4.93 Å². The van der Waals surface area contributed by atoms with Crippen LogP contribution in [-0.2, 0) is 7.05 Å². The molecule has 0 spiro atoms. The summed E-state index contributed by atoms with van der Waals surface area (Å²) in [7, 11) is 2.05. The Hall–Kier alpha value is -2.46. The number of benzene rings is 2. The van der Waals surface area contributed by atoms with Gasteiger partial charge in [0.05, 0.1) is 5.69 Å². The van der Waals surface area contributed by atoms with Gasteiger partial charge in [-0.2, -0.15) is 0 Å². The van der Waals surface area contributed by atoms with E-state index in [4.69, 9.17) is 0 Å². The maximum absolute atomic E-state index is 3.23. The van der Waals surface area contributed by atoms with Crippen LogP contribution in [0.5, 0.6) is 0 Å². The third-order valence-electron chi connectivity index (χ3n) is 3.06. The quantitative estimate of drug-likeness (QED) is 0.521. The summed E-state index contributed by atoms with van der Waals surface area (Å²) in [6, 6.07) is 20.5. The third-order valence-corrected chi connectivity index (χ3v) is 3.06. The molecule has 0 saturated heterocycles. The number of hydrogen-bond acceptors (Lipinski definition) is 0. The Morgan fingerprint density at radius 1 is 0.833 bits per heavy atom. The van der Waals surface area contributed by atoms with Crippen LogP contribution < -0.4 is 0 Å². The van der Waals surface area contributed by atoms with E-state index in [1.165, 1.54) is 10.9 Å². The van der Waals surface area contributed by atoms with Crippen LogP contribution in [0.2, 0.25) is 0 Å². The molecule has 0 saturated carbocycles. The zero-order valence-corrected chi connectivity index (χ0v) is 10.2. The zero-order chi connectivity index (χ0) is 12.4. The van der Waals surface area contributed by atoms with Crippen LogP contribution in [0.1, 0.15) is 11.3 Å². The van der Waals surface area contributed by atoms with Crippen molar-refractivity contribution in [1.29, 1.82) is 0 Å². The predicted octanol–water partition coefficient (Wildman–Crippen LogP) is 3.58. The summed E-state index contributed by atoms with van der Waals surface area (Å²) in [5.74, 6) is 6.42. The highest BCUT2D eigenvalue weighted by atomic mass is 14.9. The molecular weight excluding hydrogens is 218 g/mol. The Kier molecular flexibility index (Phi) is 2.63. The molecule has 3 rings (SSSR count). The maximum Gasteiger partial charge on any atom is 0.0931 e.